The predicted molar refractivity (Wildman–Crippen MR) is 175 cm³/mol. The van der Waals surface area contributed by atoms with E-state index in [1.54, 1.807) is 0 Å². The molecule has 5 atom stereocenters. The highest BCUT2D eigenvalue weighted by Crippen LogP contribution is 2.54. The van der Waals surface area contributed by atoms with Gasteiger partial charge >= 0.3 is 0 Å². The number of hydrogen-bond donors (Lipinski definition) is 1. The first-order chi connectivity index (χ1) is 22.3. The highest BCUT2D eigenvalue weighted by atomic mass is 16.8. The summed E-state index contributed by atoms with van der Waals surface area (Å²) in [5, 5.41) is 12.3. The van der Waals surface area contributed by atoms with Crippen molar-refractivity contribution < 1.29 is 18.9 Å². The molecular weight excluding hydrogens is 576 g/mol. The lowest BCUT2D eigenvalue weighted by Gasteiger charge is -2.37. The van der Waals surface area contributed by atoms with Crippen molar-refractivity contribution in [1.82, 2.24) is 5.32 Å². The summed E-state index contributed by atoms with van der Waals surface area (Å²) < 4.78 is 27.5. The van der Waals surface area contributed by atoms with E-state index in [9.17, 15) is 0 Å². The quantitative estimate of drug-likeness (QED) is 0.296. The van der Waals surface area contributed by atoms with Gasteiger partial charge in [-0.25, -0.2) is 0 Å². The highest BCUT2D eigenvalue weighted by Gasteiger charge is 2.65. The molecule has 5 aliphatic heterocycles. The number of benzene rings is 3. The molecule has 0 aromatic heterocycles. The molecule has 0 radical (unpaired) electrons. The minimum Gasteiger partial charge on any atom is -0.388 e. The van der Waals surface area contributed by atoms with Crippen LogP contribution in [0.5, 0.6) is 0 Å². The van der Waals surface area contributed by atoms with Crippen molar-refractivity contribution in [3.8, 4) is 0 Å². The Bertz CT molecular complexity index is 1670. The van der Waals surface area contributed by atoms with Gasteiger partial charge in [-0.2, -0.15) is 10.2 Å². The van der Waals surface area contributed by atoms with E-state index >= 15 is 0 Å². The third kappa shape index (κ3) is 4.54. The zero-order valence-corrected chi connectivity index (χ0v) is 26.3. The van der Waals surface area contributed by atoms with Gasteiger partial charge in [-0.15, -0.1) is 0 Å². The fourth-order valence-corrected chi connectivity index (χ4v) is 7.83. The molecule has 3 aromatic rings. The summed E-state index contributed by atoms with van der Waals surface area (Å²) in [6.07, 6.45) is 7.35. The summed E-state index contributed by atoms with van der Waals surface area (Å²) in [5.41, 5.74) is 3.57. The van der Waals surface area contributed by atoms with E-state index in [1.807, 2.05) is 44.4 Å². The average molecular weight is 615 g/mol. The molecule has 2 fully saturated rings. The van der Waals surface area contributed by atoms with Crippen molar-refractivity contribution in [1.29, 1.82) is 0 Å². The van der Waals surface area contributed by atoms with E-state index in [0.29, 0.717) is 13.0 Å². The van der Waals surface area contributed by atoms with Crippen LogP contribution in [0.4, 0.5) is 0 Å². The van der Waals surface area contributed by atoms with Crippen LogP contribution >= 0.6 is 0 Å². The molecule has 3 aromatic carbocycles. The molecule has 5 heterocycles. The minimum absolute atomic E-state index is 0.258. The summed E-state index contributed by atoms with van der Waals surface area (Å²) in [7, 11) is 0. The maximum absolute atomic E-state index is 7.23. The molecule has 8 heteroatoms. The Hall–Kier alpha value is -4.21. The van der Waals surface area contributed by atoms with Crippen LogP contribution in [-0.2, 0) is 24.5 Å². The number of nitrogens with zero attached hydrogens (tertiary/aromatic N) is 3. The van der Waals surface area contributed by atoms with E-state index in [2.05, 4.69) is 107 Å². The summed E-state index contributed by atoms with van der Waals surface area (Å²) >= 11 is 0. The first kappa shape index (κ1) is 29.2. The molecule has 8 nitrogen and oxygen atoms in total. The minimum atomic E-state index is -0.889. The van der Waals surface area contributed by atoms with Gasteiger partial charge in [-0.3, -0.25) is 4.99 Å². The lowest BCUT2D eigenvalue weighted by atomic mass is 9.74. The van der Waals surface area contributed by atoms with Crippen LogP contribution in [0.2, 0.25) is 0 Å². The molecule has 2 saturated heterocycles. The second kappa shape index (κ2) is 11.0. The van der Waals surface area contributed by atoms with Crippen molar-refractivity contribution in [2.24, 2.45) is 20.6 Å². The van der Waals surface area contributed by atoms with Crippen molar-refractivity contribution in [2.75, 3.05) is 13.2 Å². The number of aliphatic imine (C=N–C) groups is 1. The first-order valence-electron chi connectivity index (χ1n) is 16.0. The topological polar surface area (TPSA) is 86.0 Å². The molecule has 0 saturated carbocycles. The predicted octanol–water partition coefficient (Wildman–Crippen LogP) is 6.81. The average Bonchev–Trinajstić information content (AvgIpc) is 3.59. The van der Waals surface area contributed by atoms with Gasteiger partial charge in [0.1, 0.15) is 29.5 Å². The van der Waals surface area contributed by atoms with Gasteiger partial charge in [0.15, 0.2) is 5.79 Å². The smallest absolute Gasteiger partial charge is 0.164 e. The fraction of sp³-hybridized carbons (Fsp3) is 0.342. The first-order valence-corrected chi connectivity index (χ1v) is 16.0. The van der Waals surface area contributed by atoms with Crippen LogP contribution in [0.3, 0.4) is 0 Å². The lowest BCUT2D eigenvalue weighted by Crippen LogP contribution is -2.49. The van der Waals surface area contributed by atoms with Gasteiger partial charge in [0.25, 0.3) is 0 Å². The van der Waals surface area contributed by atoms with Gasteiger partial charge < -0.3 is 24.3 Å². The van der Waals surface area contributed by atoms with Crippen molar-refractivity contribution in [2.45, 2.75) is 62.5 Å². The summed E-state index contributed by atoms with van der Waals surface area (Å²) in [6, 6.07) is 31.2. The Kier molecular flexibility index (Phi) is 6.95. The number of rotatable bonds is 7. The van der Waals surface area contributed by atoms with Gasteiger partial charge in [-0.1, -0.05) is 97.1 Å². The fourth-order valence-electron chi connectivity index (χ4n) is 7.83. The zero-order chi connectivity index (χ0) is 31.4. The normalized spacial score (nSPS) is 30.8. The molecular formula is C38H38N4O4. The second-order valence-corrected chi connectivity index (χ2v) is 13.2. The number of nitrogens with one attached hydrogen (secondary N) is 1. The van der Waals surface area contributed by atoms with Crippen molar-refractivity contribution in [3.05, 3.63) is 144 Å². The standard InChI is InChI=1S/C38H38N4O4/c1-35(2)45-34-30(25-43-38(26-13-7-4-8-14-26,27-15-9-5-10-16-27)28-17-11-6-12-18-28)44-33(36(34,3)46-35)29-23-37-20-22-39-21-19-31(37)41-42-32(37)24-40-29/h4-20,22,24,30,33-34,39H,21,23,25H2,1-3H3/t30-,33+,34-,36+,37?/m1/s1. The zero-order valence-electron chi connectivity index (χ0n) is 26.3. The van der Waals surface area contributed by atoms with Crippen LogP contribution in [0.1, 0.15) is 43.9 Å². The van der Waals surface area contributed by atoms with Crippen LogP contribution in [0.15, 0.2) is 142 Å². The summed E-state index contributed by atoms with van der Waals surface area (Å²) in [4.78, 5) is 4.93. The molecule has 1 spiro atoms. The molecule has 46 heavy (non-hydrogen) atoms. The Morgan fingerprint density at radius 1 is 0.848 bits per heavy atom. The highest BCUT2D eigenvalue weighted by molar-refractivity contribution is 5.93. The maximum atomic E-state index is 7.23. The Morgan fingerprint density at radius 2 is 1.46 bits per heavy atom. The summed E-state index contributed by atoms with van der Waals surface area (Å²) in [5.74, 6) is -0.807. The summed E-state index contributed by atoms with van der Waals surface area (Å²) in [6.45, 7) is 6.96. The van der Waals surface area contributed by atoms with E-state index in [0.717, 1.165) is 33.8 Å². The van der Waals surface area contributed by atoms with Crippen molar-refractivity contribution in [3.63, 3.8) is 0 Å². The molecule has 5 aliphatic rings. The van der Waals surface area contributed by atoms with E-state index in [1.165, 1.54) is 0 Å². The maximum Gasteiger partial charge on any atom is 0.164 e. The van der Waals surface area contributed by atoms with Crippen LogP contribution in [0, 0.1) is 5.41 Å². The van der Waals surface area contributed by atoms with Crippen molar-refractivity contribution >= 4 is 5.71 Å². The van der Waals surface area contributed by atoms with Crippen LogP contribution in [-0.4, -0.2) is 48.6 Å². The van der Waals surface area contributed by atoms with Crippen LogP contribution < -0.4 is 5.32 Å². The number of hydrogen-bond acceptors (Lipinski definition) is 8. The SMILES string of the molecule is CC1(C)O[C@@H]2[C@@H](COC(c3ccccc3)(c3ccccc3)c3ccccc3)O[C@@H](C3=NC=C4N=NC5=CCNC=CC54C3)[C@]2(C)O1. The van der Waals surface area contributed by atoms with E-state index < -0.39 is 40.7 Å². The molecule has 0 bridgehead atoms. The Morgan fingerprint density at radius 3 is 2.09 bits per heavy atom. The van der Waals surface area contributed by atoms with Gasteiger partial charge in [0, 0.05) is 13.0 Å². The molecule has 234 valence electrons. The third-order valence-corrected chi connectivity index (χ3v) is 9.81. The Balaban J connectivity index is 1.17. The van der Waals surface area contributed by atoms with Gasteiger partial charge in [-0.05, 0) is 49.7 Å². The number of fused-ring (bicyclic) bond motifs is 1. The molecule has 8 rings (SSSR count). The molecule has 1 N–H and O–H groups in total. The van der Waals surface area contributed by atoms with Crippen LogP contribution in [0.25, 0.3) is 0 Å². The molecule has 0 amide bonds. The monoisotopic (exact) mass is 614 g/mol. The lowest BCUT2D eigenvalue weighted by molar-refractivity contribution is -0.200. The van der Waals surface area contributed by atoms with Gasteiger partial charge in [0.2, 0.25) is 0 Å². The number of ether oxygens (including phenoxy) is 4. The largest absolute Gasteiger partial charge is 0.388 e. The third-order valence-electron chi connectivity index (χ3n) is 9.81. The van der Waals surface area contributed by atoms with E-state index in [-0.39, 0.29) is 6.61 Å². The van der Waals surface area contributed by atoms with E-state index in [4.69, 9.17) is 23.9 Å². The molecule has 0 aliphatic carbocycles. The van der Waals surface area contributed by atoms with Gasteiger partial charge in [0.05, 0.1) is 35.3 Å². The number of azo groups is 1. The Labute approximate surface area is 269 Å². The molecule has 1 unspecified atom stereocenters. The second-order valence-electron chi connectivity index (χ2n) is 13.2.